The van der Waals surface area contributed by atoms with Crippen LogP contribution in [0.3, 0.4) is 0 Å². The minimum Gasteiger partial charge on any atom is -0.506 e. The van der Waals surface area contributed by atoms with Gasteiger partial charge in [0, 0.05) is 10.8 Å². The van der Waals surface area contributed by atoms with Crippen LogP contribution in [0.4, 0.5) is 5.69 Å². The van der Waals surface area contributed by atoms with Crippen LogP contribution in [0, 0.1) is 11.3 Å². The van der Waals surface area contributed by atoms with Gasteiger partial charge < -0.3 is 19.6 Å². The molecule has 0 unspecified atom stereocenters. The van der Waals surface area contributed by atoms with Crippen molar-refractivity contribution in [3.8, 4) is 11.8 Å². The lowest BCUT2D eigenvalue weighted by molar-refractivity contribution is -0.119. The number of nitriles is 1. The Morgan fingerprint density at radius 2 is 1.76 bits per heavy atom. The molecule has 142 valence electrons. The van der Waals surface area contributed by atoms with Gasteiger partial charge in [0.05, 0.1) is 0 Å². The number of phenols is 1. The van der Waals surface area contributed by atoms with Crippen molar-refractivity contribution < 1.29 is 23.8 Å². The molecule has 1 heterocycles. The summed E-state index contributed by atoms with van der Waals surface area (Å²) in [5.74, 6) is -1.72. The van der Waals surface area contributed by atoms with E-state index >= 15 is 0 Å². The molecule has 0 atom stereocenters. The fourth-order valence-electron chi connectivity index (χ4n) is 3.05. The molecule has 1 amide bonds. The van der Waals surface area contributed by atoms with Gasteiger partial charge in [-0.15, -0.1) is 0 Å². The van der Waals surface area contributed by atoms with Gasteiger partial charge in [-0.25, -0.2) is 4.79 Å². The van der Waals surface area contributed by atoms with Gasteiger partial charge in [-0.1, -0.05) is 42.5 Å². The van der Waals surface area contributed by atoms with Crippen molar-refractivity contribution in [2.45, 2.75) is 0 Å². The van der Waals surface area contributed by atoms with E-state index in [0.717, 1.165) is 5.39 Å². The van der Waals surface area contributed by atoms with Gasteiger partial charge in [0.15, 0.2) is 6.61 Å². The zero-order valence-electron chi connectivity index (χ0n) is 15.0. The van der Waals surface area contributed by atoms with Crippen LogP contribution in [-0.4, -0.2) is 23.6 Å². The van der Waals surface area contributed by atoms with Gasteiger partial charge >= 0.3 is 5.97 Å². The van der Waals surface area contributed by atoms with Gasteiger partial charge in [-0.2, -0.15) is 5.26 Å². The van der Waals surface area contributed by atoms with Gasteiger partial charge in [0.25, 0.3) is 5.91 Å². The summed E-state index contributed by atoms with van der Waals surface area (Å²) in [5, 5.41) is 23.9. The highest BCUT2D eigenvalue weighted by Gasteiger charge is 2.19. The second kappa shape index (κ2) is 7.37. The molecule has 0 spiro atoms. The predicted octanol–water partition coefficient (Wildman–Crippen LogP) is 3.96. The average molecular weight is 386 g/mol. The molecule has 0 aliphatic heterocycles. The minimum atomic E-state index is -0.832. The van der Waals surface area contributed by atoms with Gasteiger partial charge in [-0.3, -0.25) is 4.79 Å². The first kappa shape index (κ1) is 18.1. The average Bonchev–Trinajstić information content (AvgIpc) is 3.10. The van der Waals surface area contributed by atoms with E-state index in [-0.39, 0.29) is 22.8 Å². The van der Waals surface area contributed by atoms with Crippen LogP contribution in [-0.2, 0) is 9.53 Å². The van der Waals surface area contributed by atoms with Crippen molar-refractivity contribution in [2.75, 3.05) is 11.9 Å². The number of ether oxygens (including phenoxy) is 1. The maximum absolute atomic E-state index is 12.3. The number of amides is 1. The number of phenolic OH excluding ortho intramolecular Hbond substituents is 1. The van der Waals surface area contributed by atoms with Crippen LogP contribution in [0.25, 0.3) is 21.7 Å². The summed E-state index contributed by atoms with van der Waals surface area (Å²) in [6.07, 6.45) is 0. The lowest BCUT2D eigenvalue weighted by atomic mass is 10.1. The topological polar surface area (TPSA) is 113 Å². The maximum Gasteiger partial charge on any atom is 0.342 e. The number of fused-ring (bicyclic) bond motifs is 2. The highest BCUT2D eigenvalue weighted by Crippen LogP contribution is 2.31. The smallest absolute Gasteiger partial charge is 0.342 e. The van der Waals surface area contributed by atoms with E-state index in [1.807, 2.05) is 12.1 Å². The monoisotopic (exact) mass is 386 g/mol. The molecule has 4 aromatic rings. The van der Waals surface area contributed by atoms with Crippen molar-refractivity contribution in [1.82, 2.24) is 0 Å². The number of nitrogens with zero attached hydrogens (tertiary/aromatic N) is 1. The number of rotatable bonds is 4. The number of hydrogen-bond acceptors (Lipinski definition) is 6. The first-order chi connectivity index (χ1) is 14.1. The molecule has 0 bridgehead atoms. The second-order valence-electron chi connectivity index (χ2n) is 6.22. The lowest BCUT2D eigenvalue weighted by Crippen LogP contribution is -2.21. The summed E-state index contributed by atoms with van der Waals surface area (Å²) < 4.78 is 10.4. The molecule has 0 fully saturated rings. The number of nitrogens with one attached hydrogen (secondary N) is 1. The Balaban J connectivity index is 1.49. The van der Waals surface area contributed by atoms with Gasteiger partial charge in [0.1, 0.15) is 28.7 Å². The molecule has 4 rings (SSSR count). The Hall–Kier alpha value is -4.31. The number of esters is 1. The van der Waals surface area contributed by atoms with Crippen molar-refractivity contribution in [3.05, 3.63) is 72.0 Å². The molecule has 0 aliphatic carbocycles. The molecule has 0 aliphatic rings. The van der Waals surface area contributed by atoms with E-state index in [1.165, 1.54) is 6.07 Å². The number of para-hydroxylation sites is 1. The number of furan rings is 1. The number of benzene rings is 3. The van der Waals surface area contributed by atoms with E-state index in [0.29, 0.717) is 16.4 Å². The minimum absolute atomic E-state index is 0.0389. The van der Waals surface area contributed by atoms with Crippen molar-refractivity contribution in [2.24, 2.45) is 0 Å². The van der Waals surface area contributed by atoms with Crippen LogP contribution < -0.4 is 5.32 Å². The standard InChI is InChI=1S/C22H14N2O5/c23-11-18-20(15-7-3-4-8-17(15)29-18)24-19(25)12-28-22(27)16-10-9-13-5-1-2-6-14(13)21(16)26/h1-10,26H,12H2,(H,24,25). The molecule has 2 N–H and O–H groups in total. The summed E-state index contributed by atoms with van der Waals surface area (Å²) in [5.41, 5.74) is 0.637. The molecular formula is C22H14N2O5. The predicted molar refractivity (Wildman–Crippen MR) is 105 cm³/mol. The van der Waals surface area contributed by atoms with E-state index in [9.17, 15) is 20.0 Å². The van der Waals surface area contributed by atoms with E-state index in [1.54, 1.807) is 48.5 Å². The molecule has 1 aromatic heterocycles. The lowest BCUT2D eigenvalue weighted by Gasteiger charge is -2.09. The molecular weight excluding hydrogens is 372 g/mol. The molecule has 7 heteroatoms. The number of carbonyl (C=O) groups excluding carboxylic acids is 2. The Kier molecular flexibility index (Phi) is 4.59. The summed E-state index contributed by atoms with van der Waals surface area (Å²) in [6, 6.07) is 18.9. The molecule has 0 saturated heterocycles. The van der Waals surface area contributed by atoms with Crippen LogP contribution in [0.5, 0.6) is 5.75 Å². The molecule has 29 heavy (non-hydrogen) atoms. The number of carbonyl (C=O) groups is 2. The fourth-order valence-corrected chi connectivity index (χ4v) is 3.05. The third kappa shape index (κ3) is 3.35. The highest BCUT2D eigenvalue weighted by atomic mass is 16.5. The third-order valence-corrected chi connectivity index (χ3v) is 4.42. The summed E-state index contributed by atoms with van der Waals surface area (Å²) in [7, 11) is 0. The highest BCUT2D eigenvalue weighted by molar-refractivity contribution is 6.05. The summed E-state index contributed by atoms with van der Waals surface area (Å²) in [4.78, 5) is 24.6. The van der Waals surface area contributed by atoms with E-state index in [2.05, 4.69) is 5.32 Å². The van der Waals surface area contributed by atoms with E-state index in [4.69, 9.17) is 9.15 Å². The Bertz CT molecular complexity index is 1300. The molecule has 7 nitrogen and oxygen atoms in total. The molecule has 3 aromatic carbocycles. The van der Waals surface area contributed by atoms with Crippen LogP contribution in [0.2, 0.25) is 0 Å². The van der Waals surface area contributed by atoms with Crippen molar-refractivity contribution in [3.63, 3.8) is 0 Å². The SMILES string of the molecule is N#Cc1oc2ccccc2c1NC(=O)COC(=O)c1ccc2ccccc2c1O. The number of aromatic hydroxyl groups is 1. The zero-order valence-corrected chi connectivity index (χ0v) is 15.0. The van der Waals surface area contributed by atoms with Crippen molar-refractivity contribution in [1.29, 1.82) is 5.26 Å². The second-order valence-corrected chi connectivity index (χ2v) is 6.22. The third-order valence-electron chi connectivity index (χ3n) is 4.42. The largest absolute Gasteiger partial charge is 0.506 e. The molecule has 0 saturated carbocycles. The Morgan fingerprint density at radius 3 is 2.55 bits per heavy atom. The van der Waals surface area contributed by atoms with Crippen LogP contribution in [0.1, 0.15) is 16.1 Å². The van der Waals surface area contributed by atoms with Crippen molar-refractivity contribution >= 4 is 39.3 Å². The van der Waals surface area contributed by atoms with Crippen LogP contribution in [0.15, 0.2) is 65.1 Å². The first-order valence-electron chi connectivity index (χ1n) is 8.68. The number of anilines is 1. The number of hydrogen-bond donors (Lipinski definition) is 2. The normalized spacial score (nSPS) is 10.6. The Labute approximate surface area is 164 Å². The van der Waals surface area contributed by atoms with E-state index < -0.39 is 18.5 Å². The van der Waals surface area contributed by atoms with Gasteiger partial charge in [-0.05, 0) is 23.6 Å². The first-order valence-corrected chi connectivity index (χ1v) is 8.68. The summed E-state index contributed by atoms with van der Waals surface area (Å²) >= 11 is 0. The fraction of sp³-hybridized carbons (Fsp3) is 0.0455. The Morgan fingerprint density at radius 1 is 1.03 bits per heavy atom. The molecule has 0 radical (unpaired) electrons. The summed E-state index contributed by atoms with van der Waals surface area (Å²) in [6.45, 7) is -0.588. The quantitative estimate of drug-likeness (QED) is 0.513. The zero-order chi connectivity index (χ0) is 20.4. The van der Waals surface area contributed by atoms with Crippen LogP contribution >= 0.6 is 0 Å². The maximum atomic E-state index is 12.3. The van der Waals surface area contributed by atoms with Gasteiger partial charge in [0.2, 0.25) is 5.76 Å².